The first-order valence-corrected chi connectivity index (χ1v) is 5.26. The first-order valence-electron chi connectivity index (χ1n) is 5.26. The second kappa shape index (κ2) is 6.10. The van der Waals surface area contributed by atoms with E-state index in [-0.39, 0.29) is 18.1 Å². The zero-order chi connectivity index (χ0) is 12.0. The molecule has 0 aromatic heterocycles. The molecule has 0 radical (unpaired) electrons. The predicted molar refractivity (Wildman–Crippen MR) is 60.0 cm³/mol. The molecule has 1 aromatic carbocycles. The quantitative estimate of drug-likeness (QED) is 0.831. The fraction of sp³-hybridized carbons (Fsp3) is 0.417. The molecule has 0 heterocycles. The Morgan fingerprint density at radius 1 is 1.50 bits per heavy atom. The topological polar surface area (TPSA) is 38.3 Å². The maximum Gasteiger partial charge on any atom is 0.224 e. The molecule has 1 amide bonds. The van der Waals surface area contributed by atoms with E-state index < -0.39 is 0 Å². The summed E-state index contributed by atoms with van der Waals surface area (Å²) in [6, 6.07) is 4.16. The normalized spacial score (nSPS) is 9.94. The van der Waals surface area contributed by atoms with Crippen LogP contribution in [-0.2, 0) is 11.2 Å². The average molecular weight is 225 g/mol. The molecule has 0 atom stereocenters. The van der Waals surface area contributed by atoms with E-state index in [4.69, 9.17) is 4.74 Å². The smallest absolute Gasteiger partial charge is 0.224 e. The molecule has 0 saturated carbocycles. The minimum atomic E-state index is -0.362. The van der Waals surface area contributed by atoms with Crippen molar-refractivity contribution in [3.8, 4) is 5.75 Å². The van der Waals surface area contributed by atoms with Gasteiger partial charge in [0.2, 0.25) is 5.91 Å². The fourth-order valence-electron chi connectivity index (χ4n) is 1.39. The number of hydrogen-bond acceptors (Lipinski definition) is 2. The van der Waals surface area contributed by atoms with Crippen molar-refractivity contribution < 1.29 is 13.9 Å². The molecule has 1 rings (SSSR count). The lowest BCUT2D eigenvalue weighted by Gasteiger charge is -2.08. The Morgan fingerprint density at radius 3 is 2.88 bits per heavy atom. The third-order valence-electron chi connectivity index (χ3n) is 2.17. The first kappa shape index (κ1) is 12.5. The summed E-state index contributed by atoms with van der Waals surface area (Å²) in [4.78, 5) is 11.5. The Labute approximate surface area is 94.6 Å². The largest absolute Gasteiger partial charge is 0.496 e. The van der Waals surface area contributed by atoms with Gasteiger partial charge in [-0.15, -0.1) is 0 Å². The Hall–Kier alpha value is -1.58. The van der Waals surface area contributed by atoms with E-state index in [9.17, 15) is 9.18 Å². The standard InChI is InChI=1S/C12H16FNO2/c1-3-6-14-12(15)8-9-7-10(13)4-5-11(9)16-2/h4-5,7H,3,6,8H2,1-2H3,(H,14,15). The number of amides is 1. The van der Waals surface area contributed by atoms with Gasteiger partial charge in [0.1, 0.15) is 11.6 Å². The minimum Gasteiger partial charge on any atom is -0.496 e. The maximum absolute atomic E-state index is 13.0. The molecule has 3 nitrogen and oxygen atoms in total. The van der Waals surface area contributed by atoms with Gasteiger partial charge in [-0.05, 0) is 24.6 Å². The van der Waals surface area contributed by atoms with E-state index >= 15 is 0 Å². The van der Waals surface area contributed by atoms with Crippen LogP contribution in [0.3, 0.4) is 0 Å². The number of carbonyl (C=O) groups excluding carboxylic acids is 1. The lowest BCUT2D eigenvalue weighted by atomic mass is 10.1. The average Bonchev–Trinajstić information content (AvgIpc) is 2.27. The zero-order valence-corrected chi connectivity index (χ0v) is 9.55. The van der Waals surface area contributed by atoms with Crippen molar-refractivity contribution in [3.63, 3.8) is 0 Å². The van der Waals surface area contributed by atoms with Crippen molar-refractivity contribution in [1.82, 2.24) is 5.32 Å². The van der Waals surface area contributed by atoms with Crippen LogP contribution in [0.2, 0.25) is 0 Å². The van der Waals surface area contributed by atoms with Gasteiger partial charge in [-0.2, -0.15) is 0 Å². The van der Waals surface area contributed by atoms with Crippen molar-refractivity contribution >= 4 is 5.91 Å². The van der Waals surface area contributed by atoms with Gasteiger partial charge in [0.05, 0.1) is 13.5 Å². The van der Waals surface area contributed by atoms with Crippen LogP contribution in [0.4, 0.5) is 4.39 Å². The summed E-state index contributed by atoms with van der Waals surface area (Å²) in [5.41, 5.74) is 0.566. The molecule has 1 aromatic rings. The molecule has 0 aliphatic rings. The number of carbonyl (C=O) groups is 1. The molecule has 0 unspecified atom stereocenters. The zero-order valence-electron chi connectivity index (χ0n) is 9.55. The maximum atomic E-state index is 13.0. The van der Waals surface area contributed by atoms with Gasteiger partial charge in [-0.1, -0.05) is 6.92 Å². The third kappa shape index (κ3) is 3.53. The van der Waals surface area contributed by atoms with Crippen LogP contribution in [0.15, 0.2) is 18.2 Å². The van der Waals surface area contributed by atoms with Gasteiger partial charge in [0.25, 0.3) is 0 Å². The van der Waals surface area contributed by atoms with E-state index in [2.05, 4.69) is 5.32 Å². The van der Waals surface area contributed by atoms with Crippen molar-refractivity contribution in [1.29, 1.82) is 0 Å². The number of methoxy groups -OCH3 is 1. The number of hydrogen-bond donors (Lipinski definition) is 1. The Balaban J connectivity index is 2.71. The van der Waals surface area contributed by atoms with E-state index in [1.165, 1.54) is 25.3 Å². The summed E-state index contributed by atoms with van der Waals surface area (Å²) in [6.07, 6.45) is 1.02. The third-order valence-corrected chi connectivity index (χ3v) is 2.17. The van der Waals surface area contributed by atoms with Gasteiger partial charge >= 0.3 is 0 Å². The molecular formula is C12H16FNO2. The predicted octanol–water partition coefficient (Wildman–Crippen LogP) is 1.90. The molecule has 16 heavy (non-hydrogen) atoms. The minimum absolute atomic E-state index is 0.120. The highest BCUT2D eigenvalue weighted by Crippen LogP contribution is 2.19. The van der Waals surface area contributed by atoms with Crippen molar-refractivity contribution in [2.75, 3.05) is 13.7 Å². The number of nitrogens with one attached hydrogen (secondary N) is 1. The molecule has 0 aliphatic carbocycles. The fourth-order valence-corrected chi connectivity index (χ4v) is 1.39. The van der Waals surface area contributed by atoms with Gasteiger partial charge in [-0.3, -0.25) is 4.79 Å². The lowest BCUT2D eigenvalue weighted by molar-refractivity contribution is -0.120. The van der Waals surface area contributed by atoms with Crippen LogP contribution in [0.25, 0.3) is 0 Å². The molecule has 0 spiro atoms. The summed E-state index contributed by atoms with van der Waals surface area (Å²) in [5.74, 6) is 0.0536. The van der Waals surface area contributed by atoms with Crippen LogP contribution in [0, 0.1) is 5.82 Å². The summed E-state index contributed by atoms with van der Waals surface area (Å²) in [7, 11) is 1.50. The summed E-state index contributed by atoms with van der Waals surface area (Å²) in [6.45, 7) is 2.61. The number of benzene rings is 1. The van der Waals surface area contributed by atoms with E-state index in [1.807, 2.05) is 6.92 Å². The Morgan fingerprint density at radius 2 is 2.25 bits per heavy atom. The second-order valence-electron chi connectivity index (χ2n) is 3.48. The molecule has 1 N–H and O–H groups in total. The molecule has 0 saturated heterocycles. The molecular weight excluding hydrogens is 209 g/mol. The van der Waals surface area contributed by atoms with Gasteiger partial charge in [0, 0.05) is 12.1 Å². The molecule has 0 fully saturated rings. The lowest BCUT2D eigenvalue weighted by Crippen LogP contribution is -2.25. The molecule has 0 bridgehead atoms. The Kier molecular flexibility index (Phi) is 4.76. The van der Waals surface area contributed by atoms with Gasteiger partial charge in [-0.25, -0.2) is 4.39 Å². The molecule has 0 aliphatic heterocycles. The van der Waals surface area contributed by atoms with E-state index in [0.717, 1.165) is 6.42 Å². The van der Waals surface area contributed by atoms with Crippen molar-refractivity contribution in [2.24, 2.45) is 0 Å². The van der Waals surface area contributed by atoms with Crippen molar-refractivity contribution in [3.05, 3.63) is 29.6 Å². The van der Waals surface area contributed by atoms with Crippen molar-refractivity contribution in [2.45, 2.75) is 19.8 Å². The number of halogens is 1. The summed E-state index contributed by atoms with van der Waals surface area (Å²) >= 11 is 0. The van der Waals surface area contributed by atoms with E-state index in [0.29, 0.717) is 17.9 Å². The highest BCUT2D eigenvalue weighted by molar-refractivity contribution is 5.79. The molecule has 4 heteroatoms. The van der Waals surface area contributed by atoms with Crippen LogP contribution < -0.4 is 10.1 Å². The van der Waals surface area contributed by atoms with Gasteiger partial charge in [0.15, 0.2) is 0 Å². The summed E-state index contributed by atoms with van der Waals surface area (Å²) in [5, 5.41) is 2.73. The highest BCUT2D eigenvalue weighted by Gasteiger charge is 2.09. The first-order chi connectivity index (χ1) is 7.67. The SMILES string of the molecule is CCCNC(=O)Cc1cc(F)ccc1OC. The van der Waals surface area contributed by atoms with Crippen LogP contribution in [0.1, 0.15) is 18.9 Å². The van der Waals surface area contributed by atoms with Gasteiger partial charge < -0.3 is 10.1 Å². The van der Waals surface area contributed by atoms with E-state index in [1.54, 1.807) is 0 Å². The molecule has 88 valence electrons. The van der Waals surface area contributed by atoms with Crippen LogP contribution in [0.5, 0.6) is 5.75 Å². The van der Waals surface area contributed by atoms with Crippen LogP contribution >= 0.6 is 0 Å². The number of rotatable bonds is 5. The monoisotopic (exact) mass is 225 g/mol. The summed E-state index contributed by atoms with van der Waals surface area (Å²) < 4.78 is 18.1. The van der Waals surface area contributed by atoms with Crippen LogP contribution in [-0.4, -0.2) is 19.6 Å². The second-order valence-corrected chi connectivity index (χ2v) is 3.48. The Bertz CT molecular complexity index is 366. The number of ether oxygens (including phenoxy) is 1. The highest BCUT2D eigenvalue weighted by atomic mass is 19.1.